The van der Waals surface area contributed by atoms with E-state index in [-0.39, 0.29) is 35.6 Å². The second-order valence-electron chi connectivity index (χ2n) is 5.38. The molecule has 1 aromatic rings. The lowest BCUT2D eigenvalue weighted by molar-refractivity contribution is -0.126. The molecule has 26 heavy (non-hydrogen) atoms. The summed E-state index contributed by atoms with van der Waals surface area (Å²) in [6, 6.07) is 4.63. The highest BCUT2D eigenvalue weighted by molar-refractivity contribution is 8.14. The van der Waals surface area contributed by atoms with E-state index in [1.165, 1.54) is 12.1 Å². The standard InChI is InChI=1S/C16H16N2O7S/c19-13(17-3-4-18-14(20)9-26-16(18)22)8-25-15(21)10-1-2-11-12(7-10)24-6-5-23-11/h1-2,7H,3-6,8-9H2,(H,17,19). The molecular weight excluding hydrogens is 364 g/mol. The van der Waals surface area contributed by atoms with E-state index >= 15 is 0 Å². The Kier molecular flexibility index (Phi) is 5.61. The smallest absolute Gasteiger partial charge is 0.338 e. The first-order chi connectivity index (χ1) is 12.5. The van der Waals surface area contributed by atoms with Crippen molar-refractivity contribution < 1.29 is 33.4 Å². The number of nitrogens with one attached hydrogen (secondary N) is 1. The number of hydrogen-bond donors (Lipinski definition) is 1. The Morgan fingerprint density at radius 1 is 1.19 bits per heavy atom. The molecule has 1 saturated heterocycles. The molecule has 1 aromatic carbocycles. The minimum atomic E-state index is -0.668. The highest BCUT2D eigenvalue weighted by Gasteiger charge is 2.29. The van der Waals surface area contributed by atoms with Crippen molar-refractivity contribution in [2.24, 2.45) is 0 Å². The normalized spacial score (nSPS) is 15.8. The molecule has 0 unspecified atom stereocenters. The Labute approximate surface area is 152 Å². The molecule has 0 radical (unpaired) electrons. The van der Waals surface area contributed by atoms with Gasteiger partial charge in [-0.3, -0.25) is 19.3 Å². The van der Waals surface area contributed by atoms with Gasteiger partial charge in [-0.15, -0.1) is 0 Å². The molecule has 3 rings (SSSR count). The average molecular weight is 380 g/mol. The molecule has 0 spiro atoms. The van der Waals surface area contributed by atoms with Gasteiger partial charge in [-0.05, 0) is 18.2 Å². The van der Waals surface area contributed by atoms with Crippen molar-refractivity contribution in [1.29, 1.82) is 0 Å². The number of benzene rings is 1. The number of amides is 3. The summed E-state index contributed by atoms with van der Waals surface area (Å²) in [5.74, 6) is -0.344. The maximum absolute atomic E-state index is 12.0. The van der Waals surface area contributed by atoms with Crippen molar-refractivity contribution in [3.8, 4) is 11.5 Å². The van der Waals surface area contributed by atoms with Gasteiger partial charge >= 0.3 is 5.97 Å². The van der Waals surface area contributed by atoms with E-state index in [1.54, 1.807) is 6.07 Å². The van der Waals surface area contributed by atoms with Crippen molar-refractivity contribution in [2.45, 2.75) is 0 Å². The number of carbonyl (C=O) groups excluding carboxylic acids is 4. The number of ether oxygens (including phenoxy) is 3. The Morgan fingerprint density at radius 3 is 2.69 bits per heavy atom. The third kappa shape index (κ3) is 4.26. The molecular formula is C16H16N2O7S. The summed E-state index contributed by atoms with van der Waals surface area (Å²) >= 11 is 0.930. The van der Waals surface area contributed by atoms with E-state index < -0.39 is 18.5 Å². The molecule has 1 N–H and O–H groups in total. The molecule has 2 aliphatic heterocycles. The van der Waals surface area contributed by atoms with E-state index in [0.717, 1.165) is 16.7 Å². The summed E-state index contributed by atoms with van der Waals surface area (Å²) in [5.41, 5.74) is 0.243. The largest absolute Gasteiger partial charge is 0.486 e. The number of thioether (sulfide) groups is 1. The number of imide groups is 1. The monoisotopic (exact) mass is 380 g/mol. The van der Waals surface area contributed by atoms with Gasteiger partial charge in [0.1, 0.15) is 13.2 Å². The van der Waals surface area contributed by atoms with E-state index in [2.05, 4.69) is 5.32 Å². The zero-order valence-electron chi connectivity index (χ0n) is 13.7. The summed E-state index contributed by atoms with van der Waals surface area (Å²) in [6.07, 6.45) is 0. The number of esters is 1. The second kappa shape index (κ2) is 8.09. The molecule has 0 atom stereocenters. The van der Waals surface area contributed by atoms with Crippen LogP contribution in [0.2, 0.25) is 0 Å². The Bertz CT molecular complexity index is 736. The fourth-order valence-electron chi connectivity index (χ4n) is 2.34. The van der Waals surface area contributed by atoms with Crippen LogP contribution in [-0.2, 0) is 14.3 Å². The molecule has 138 valence electrons. The van der Waals surface area contributed by atoms with Gasteiger partial charge in [-0.1, -0.05) is 11.8 Å². The van der Waals surface area contributed by atoms with Crippen LogP contribution in [0.15, 0.2) is 18.2 Å². The zero-order chi connectivity index (χ0) is 18.5. The predicted molar refractivity (Wildman–Crippen MR) is 90.3 cm³/mol. The first kappa shape index (κ1) is 18.1. The van der Waals surface area contributed by atoms with Crippen molar-refractivity contribution in [3.63, 3.8) is 0 Å². The Balaban J connectivity index is 1.42. The van der Waals surface area contributed by atoms with Crippen LogP contribution in [0.25, 0.3) is 0 Å². The molecule has 1 fully saturated rings. The fourth-order valence-corrected chi connectivity index (χ4v) is 3.09. The molecule has 0 aromatic heterocycles. The van der Waals surface area contributed by atoms with Crippen molar-refractivity contribution in [2.75, 3.05) is 38.7 Å². The lowest BCUT2D eigenvalue weighted by Crippen LogP contribution is -2.38. The summed E-state index contributed by atoms with van der Waals surface area (Å²) in [6.45, 7) is 0.563. The summed E-state index contributed by atoms with van der Waals surface area (Å²) in [7, 11) is 0. The summed E-state index contributed by atoms with van der Waals surface area (Å²) < 4.78 is 15.7. The van der Waals surface area contributed by atoms with E-state index in [1.807, 2.05) is 0 Å². The van der Waals surface area contributed by atoms with Gasteiger partial charge in [-0.25, -0.2) is 4.79 Å². The molecule has 2 heterocycles. The maximum Gasteiger partial charge on any atom is 0.338 e. The van der Waals surface area contributed by atoms with Crippen LogP contribution in [0.3, 0.4) is 0 Å². The lowest BCUT2D eigenvalue weighted by Gasteiger charge is -2.18. The van der Waals surface area contributed by atoms with Gasteiger partial charge < -0.3 is 19.5 Å². The van der Waals surface area contributed by atoms with Crippen LogP contribution < -0.4 is 14.8 Å². The molecule has 0 aliphatic carbocycles. The minimum Gasteiger partial charge on any atom is -0.486 e. The topological polar surface area (TPSA) is 111 Å². The predicted octanol–water partition coefficient (Wildman–Crippen LogP) is 0.426. The molecule has 9 nitrogen and oxygen atoms in total. The van der Waals surface area contributed by atoms with Gasteiger partial charge in [0.2, 0.25) is 5.91 Å². The number of rotatable bonds is 6. The van der Waals surface area contributed by atoms with Gasteiger partial charge in [0.05, 0.1) is 11.3 Å². The third-order valence-electron chi connectivity index (χ3n) is 3.61. The van der Waals surface area contributed by atoms with Crippen molar-refractivity contribution >= 4 is 34.8 Å². The Hall–Kier alpha value is -2.75. The van der Waals surface area contributed by atoms with Crippen LogP contribution >= 0.6 is 11.8 Å². The van der Waals surface area contributed by atoms with E-state index in [4.69, 9.17) is 14.2 Å². The number of fused-ring (bicyclic) bond motifs is 1. The number of hydrogen-bond acceptors (Lipinski definition) is 8. The third-order valence-corrected chi connectivity index (χ3v) is 4.47. The first-order valence-electron chi connectivity index (χ1n) is 7.85. The zero-order valence-corrected chi connectivity index (χ0v) is 14.5. The highest BCUT2D eigenvalue weighted by atomic mass is 32.2. The molecule has 3 amide bonds. The van der Waals surface area contributed by atoms with Crippen molar-refractivity contribution in [1.82, 2.24) is 10.2 Å². The first-order valence-corrected chi connectivity index (χ1v) is 8.84. The summed E-state index contributed by atoms with van der Waals surface area (Å²) in [5, 5.41) is 2.17. The summed E-state index contributed by atoms with van der Waals surface area (Å²) in [4.78, 5) is 47.6. The van der Waals surface area contributed by atoms with Gasteiger partial charge in [0, 0.05) is 13.1 Å². The van der Waals surface area contributed by atoms with Crippen LogP contribution in [0.1, 0.15) is 10.4 Å². The fraction of sp³-hybridized carbons (Fsp3) is 0.375. The second-order valence-corrected chi connectivity index (χ2v) is 6.31. The van der Waals surface area contributed by atoms with Crippen molar-refractivity contribution in [3.05, 3.63) is 23.8 Å². The quantitative estimate of drug-likeness (QED) is 0.707. The van der Waals surface area contributed by atoms with E-state index in [9.17, 15) is 19.2 Å². The number of carbonyl (C=O) groups is 4. The van der Waals surface area contributed by atoms with Gasteiger partial charge in [0.15, 0.2) is 18.1 Å². The lowest BCUT2D eigenvalue weighted by atomic mass is 10.2. The van der Waals surface area contributed by atoms with Crippen LogP contribution in [0, 0.1) is 0 Å². The highest BCUT2D eigenvalue weighted by Crippen LogP contribution is 2.30. The minimum absolute atomic E-state index is 0.0898. The molecule has 10 heteroatoms. The Morgan fingerprint density at radius 2 is 1.96 bits per heavy atom. The molecule has 2 aliphatic rings. The molecule has 0 bridgehead atoms. The maximum atomic E-state index is 12.0. The molecule has 0 saturated carbocycles. The SMILES string of the molecule is O=C(COC(=O)c1ccc2c(c1)OCCO2)NCCN1C(=O)CSC1=O. The van der Waals surface area contributed by atoms with Crippen LogP contribution in [0.5, 0.6) is 11.5 Å². The van der Waals surface area contributed by atoms with Gasteiger partial charge in [0.25, 0.3) is 11.1 Å². The number of nitrogens with zero attached hydrogens (tertiary/aromatic N) is 1. The van der Waals surface area contributed by atoms with Crippen LogP contribution in [-0.4, -0.2) is 66.6 Å². The van der Waals surface area contributed by atoms with Crippen LogP contribution in [0.4, 0.5) is 4.79 Å². The van der Waals surface area contributed by atoms with Gasteiger partial charge in [-0.2, -0.15) is 0 Å². The van der Waals surface area contributed by atoms with E-state index in [0.29, 0.717) is 24.7 Å². The average Bonchev–Trinajstić information content (AvgIpc) is 2.97.